The van der Waals surface area contributed by atoms with Gasteiger partial charge in [-0.2, -0.15) is 0 Å². The van der Waals surface area contributed by atoms with Crippen molar-refractivity contribution in [1.29, 1.82) is 0 Å². The summed E-state index contributed by atoms with van der Waals surface area (Å²) in [6, 6.07) is 4.06. The molecule has 0 spiro atoms. The van der Waals surface area contributed by atoms with E-state index in [1.165, 1.54) is 25.1 Å². The highest BCUT2D eigenvalue weighted by molar-refractivity contribution is 5.79. The van der Waals surface area contributed by atoms with E-state index in [-0.39, 0.29) is 30.9 Å². The summed E-state index contributed by atoms with van der Waals surface area (Å²) in [5.74, 6) is -1.73. The lowest BCUT2D eigenvalue weighted by molar-refractivity contribution is -0.144. The molecule has 12 heteroatoms. The Morgan fingerprint density at radius 1 is 0.895 bits per heavy atom. The van der Waals surface area contributed by atoms with Gasteiger partial charge < -0.3 is 39.3 Å². The third-order valence-electron chi connectivity index (χ3n) is 4.49. The number of carboxylic acid groups (broad SMARTS) is 1. The predicted octanol–water partition coefficient (Wildman–Crippen LogP) is 4.98. The molecule has 0 aliphatic heterocycles. The van der Waals surface area contributed by atoms with Crippen LogP contribution in [0.4, 0.5) is 14.4 Å². The molecule has 0 fully saturated rings. The highest BCUT2D eigenvalue weighted by Crippen LogP contribution is 2.32. The molecule has 0 aromatic heterocycles. The summed E-state index contributed by atoms with van der Waals surface area (Å²) >= 11 is 0. The van der Waals surface area contributed by atoms with E-state index in [4.69, 9.17) is 34.2 Å². The second kappa shape index (κ2) is 13.3. The normalized spacial score (nSPS) is 13.9. The molecule has 214 valence electrons. The smallest absolute Gasteiger partial charge is 0.480 e. The number of aliphatic carboxylic acids is 1. The van der Waals surface area contributed by atoms with Gasteiger partial charge in [-0.3, -0.25) is 4.79 Å². The Bertz CT molecular complexity index is 994. The zero-order valence-corrected chi connectivity index (χ0v) is 23.2. The van der Waals surface area contributed by atoms with E-state index in [1.807, 2.05) is 6.92 Å². The highest BCUT2D eigenvalue weighted by Gasteiger charge is 2.37. The van der Waals surface area contributed by atoms with E-state index >= 15 is 0 Å². The van der Waals surface area contributed by atoms with Gasteiger partial charge in [0.2, 0.25) is 0 Å². The number of carbonyl (C=O) groups is 4. The molecular weight excluding hydrogens is 502 g/mol. The van der Waals surface area contributed by atoms with Gasteiger partial charge in [0.05, 0.1) is 6.61 Å². The van der Waals surface area contributed by atoms with Crippen LogP contribution in [-0.4, -0.2) is 59.0 Å². The van der Waals surface area contributed by atoms with Crippen molar-refractivity contribution < 1.29 is 52.7 Å². The van der Waals surface area contributed by atoms with Crippen LogP contribution in [0, 0.1) is 0 Å². The molecule has 0 saturated carbocycles. The summed E-state index contributed by atoms with van der Waals surface area (Å²) < 4.78 is 30.7. The van der Waals surface area contributed by atoms with Gasteiger partial charge in [-0.1, -0.05) is 13.0 Å². The van der Waals surface area contributed by atoms with Crippen LogP contribution in [0.3, 0.4) is 0 Å². The number of ether oxygens (including phenoxy) is 6. The van der Waals surface area contributed by atoms with E-state index in [2.05, 4.69) is 0 Å². The molecule has 1 unspecified atom stereocenters. The topological polar surface area (TPSA) is 170 Å². The Kier molecular flexibility index (Phi) is 11.4. The Labute approximate surface area is 222 Å². The van der Waals surface area contributed by atoms with Crippen molar-refractivity contribution in [2.45, 2.75) is 97.5 Å². The standard InChI is InChI=1S/C26H39NO11/c1-9-12-33-21(30)34-16(2)14-26(27,20(28)29)15-17-10-11-18(35-22(31)37-24(3,4)5)19(13-17)36-23(32)38-25(6,7)8/h10-11,13,16H,9,12,14-15,27H2,1-8H3,(H,28,29)/t16-,26?/m0/s1. The van der Waals surface area contributed by atoms with Crippen LogP contribution < -0.4 is 15.2 Å². The minimum Gasteiger partial charge on any atom is -0.480 e. The van der Waals surface area contributed by atoms with Crippen molar-refractivity contribution >= 4 is 24.4 Å². The lowest BCUT2D eigenvalue weighted by Gasteiger charge is -2.28. The first-order valence-electron chi connectivity index (χ1n) is 12.1. The van der Waals surface area contributed by atoms with Gasteiger partial charge in [0, 0.05) is 12.8 Å². The molecule has 0 radical (unpaired) electrons. The second-order valence-electron chi connectivity index (χ2n) is 10.8. The average molecular weight is 542 g/mol. The molecule has 1 aromatic carbocycles. The second-order valence-corrected chi connectivity index (χ2v) is 10.8. The SMILES string of the molecule is CCCOC(=O)O[C@@H](C)CC(N)(Cc1ccc(OC(=O)OC(C)(C)C)c(OC(=O)OC(C)(C)C)c1)C(=O)O. The Hall–Kier alpha value is -3.54. The molecule has 1 rings (SSSR count). The van der Waals surface area contributed by atoms with Crippen molar-refractivity contribution in [2.75, 3.05) is 6.61 Å². The molecule has 0 bridgehead atoms. The fraction of sp³-hybridized carbons (Fsp3) is 0.615. The first kappa shape index (κ1) is 32.5. The fourth-order valence-electron chi connectivity index (χ4n) is 3.09. The Balaban J connectivity index is 3.22. The number of rotatable bonds is 10. The van der Waals surface area contributed by atoms with Crippen molar-refractivity contribution in [3.05, 3.63) is 23.8 Å². The largest absolute Gasteiger partial charge is 0.514 e. The maximum atomic E-state index is 12.3. The van der Waals surface area contributed by atoms with Gasteiger partial charge in [0.15, 0.2) is 11.5 Å². The van der Waals surface area contributed by atoms with E-state index in [0.717, 1.165) is 0 Å². The quantitative estimate of drug-likeness (QED) is 0.232. The number of carbonyl (C=O) groups excluding carboxylic acids is 3. The van der Waals surface area contributed by atoms with Crippen LogP contribution in [0.2, 0.25) is 0 Å². The maximum absolute atomic E-state index is 12.3. The lowest BCUT2D eigenvalue weighted by Crippen LogP contribution is -2.52. The lowest BCUT2D eigenvalue weighted by atomic mass is 9.86. The van der Waals surface area contributed by atoms with Gasteiger partial charge >= 0.3 is 24.4 Å². The first-order chi connectivity index (χ1) is 17.3. The van der Waals surface area contributed by atoms with Gasteiger partial charge in [0.25, 0.3) is 0 Å². The van der Waals surface area contributed by atoms with Crippen LogP contribution in [0.15, 0.2) is 18.2 Å². The van der Waals surface area contributed by atoms with E-state index < -0.39 is 47.3 Å². The average Bonchev–Trinajstić information content (AvgIpc) is 2.71. The van der Waals surface area contributed by atoms with Crippen molar-refractivity contribution in [3.63, 3.8) is 0 Å². The third-order valence-corrected chi connectivity index (χ3v) is 4.49. The zero-order valence-electron chi connectivity index (χ0n) is 23.2. The number of hydrogen-bond acceptors (Lipinski definition) is 11. The number of carboxylic acids is 1. The minimum absolute atomic E-state index is 0.163. The van der Waals surface area contributed by atoms with Crippen LogP contribution in [0.1, 0.15) is 73.8 Å². The number of benzene rings is 1. The van der Waals surface area contributed by atoms with Crippen LogP contribution in [-0.2, 0) is 30.2 Å². The predicted molar refractivity (Wildman–Crippen MR) is 135 cm³/mol. The van der Waals surface area contributed by atoms with Crippen LogP contribution >= 0.6 is 0 Å². The summed E-state index contributed by atoms with van der Waals surface area (Å²) in [4.78, 5) is 48.4. The molecule has 0 heterocycles. The van der Waals surface area contributed by atoms with Crippen LogP contribution in [0.25, 0.3) is 0 Å². The number of hydrogen-bond donors (Lipinski definition) is 2. The molecule has 2 atom stereocenters. The van der Waals surface area contributed by atoms with Gasteiger partial charge in [-0.25, -0.2) is 14.4 Å². The summed E-state index contributed by atoms with van der Waals surface area (Å²) in [6.45, 7) is 13.3. The Morgan fingerprint density at radius 3 is 1.89 bits per heavy atom. The van der Waals surface area contributed by atoms with Gasteiger partial charge in [0.1, 0.15) is 22.8 Å². The van der Waals surface area contributed by atoms with E-state index in [1.54, 1.807) is 41.5 Å². The maximum Gasteiger partial charge on any atom is 0.514 e. The van der Waals surface area contributed by atoms with Crippen LogP contribution in [0.5, 0.6) is 11.5 Å². The molecule has 12 nitrogen and oxygen atoms in total. The number of nitrogens with two attached hydrogens (primary N) is 1. The molecule has 38 heavy (non-hydrogen) atoms. The van der Waals surface area contributed by atoms with Crippen molar-refractivity contribution in [2.24, 2.45) is 5.73 Å². The summed E-state index contributed by atoms with van der Waals surface area (Å²) in [5.41, 5.74) is 2.94. The summed E-state index contributed by atoms with van der Waals surface area (Å²) in [5, 5.41) is 9.85. The molecular formula is C26H39NO11. The van der Waals surface area contributed by atoms with Crippen molar-refractivity contribution in [1.82, 2.24) is 0 Å². The molecule has 1 aromatic rings. The van der Waals surface area contributed by atoms with E-state index in [0.29, 0.717) is 12.0 Å². The summed E-state index contributed by atoms with van der Waals surface area (Å²) in [6.07, 6.45) is -3.83. The van der Waals surface area contributed by atoms with Gasteiger partial charge in [-0.05, 0) is 72.6 Å². The zero-order chi connectivity index (χ0) is 29.3. The fourth-order valence-corrected chi connectivity index (χ4v) is 3.09. The van der Waals surface area contributed by atoms with Crippen molar-refractivity contribution in [3.8, 4) is 11.5 Å². The van der Waals surface area contributed by atoms with E-state index in [9.17, 15) is 24.3 Å². The molecule has 0 saturated heterocycles. The molecule has 0 aliphatic rings. The Morgan fingerprint density at radius 2 is 1.42 bits per heavy atom. The van der Waals surface area contributed by atoms with Gasteiger partial charge in [-0.15, -0.1) is 0 Å². The molecule has 0 amide bonds. The third kappa shape index (κ3) is 12.1. The highest BCUT2D eigenvalue weighted by atomic mass is 16.8. The summed E-state index contributed by atoms with van der Waals surface area (Å²) in [7, 11) is 0. The monoisotopic (exact) mass is 541 g/mol. The minimum atomic E-state index is -1.87. The first-order valence-corrected chi connectivity index (χ1v) is 12.1. The molecule has 3 N–H and O–H groups in total. The molecule has 0 aliphatic carbocycles.